The Labute approximate surface area is 121 Å². The fourth-order valence-corrected chi connectivity index (χ4v) is 2.47. The molecule has 0 radical (unpaired) electrons. The van der Waals surface area contributed by atoms with E-state index in [1.54, 1.807) is 25.6 Å². The van der Waals surface area contributed by atoms with Gasteiger partial charge in [-0.3, -0.25) is 4.68 Å². The summed E-state index contributed by atoms with van der Waals surface area (Å²) in [5, 5.41) is 4.64. The topological polar surface area (TPSA) is 43.8 Å². The molecule has 2 rings (SSSR count). The molecule has 0 saturated heterocycles. The fourth-order valence-electron chi connectivity index (χ4n) is 2.23. The van der Waals surface area contributed by atoms with E-state index in [9.17, 15) is 8.78 Å². The van der Waals surface area contributed by atoms with Crippen LogP contribution in [0.1, 0.15) is 28.6 Å². The molecule has 1 heterocycles. The molecule has 0 aliphatic carbocycles. The second-order valence-electron chi connectivity index (χ2n) is 4.87. The van der Waals surface area contributed by atoms with E-state index >= 15 is 0 Å². The van der Waals surface area contributed by atoms with Gasteiger partial charge in [-0.15, -0.1) is 0 Å². The minimum atomic E-state index is -0.817. The molecule has 3 nitrogen and oxygen atoms in total. The van der Waals surface area contributed by atoms with Gasteiger partial charge in [-0.25, -0.2) is 8.78 Å². The lowest BCUT2D eigenvalue weighted by Crippen LogP contribution is -2.19. The number of nitrogens with zero attached hydrogens (tertiary/aromatic N) is 2. The summed E-state index contributed by atoms with van der Waals surface area (Å²) in [6.45, 7) is 3.34. The van der Waals surface area contributed by atoms with Gasteiger partial charge in [0.1, 0.15) is 11.6 Å². The maximum Gasteiger partial charge on any atom is 0.133 e. The molecular weight excluding hydrogens is 284 g/mol. The molecule has 2 N–H and O–H groups in total. The highest BCUT2D eigenvalue weighted by molar-refractivity contribution is 6.31. The van der Waals surface area contributed by atoms with Crippen molar-refractivity contribution < 1.29 is 8.78 Å². The highest BCUT2D eigenvalue weighted by Crippen LogP contribution is 2.28. The Bertz CT molecular complexity index is 652. The van der Waals surface area contributed by atoms with E-state index in [2.05, 4.69) is 5.10 Å². The van der Waals surface area contributed by atoms with Gasteiger partial charge >= 0.3 is 0 Å². The Morgan fingerprint density at radius 3 is 2.55 bits per heavy atom. The van der Waals surface area contributed by atoms with Gasteiger partial charge in [0.2, 0.25) is 0 Å². The molecule has 1 aromatic heterocycles. The maximum atomic E-state index is 14.0. The zero-order valence-electron chi connectivity index (χ0n) is 11.5. The normalized spacial score (nSPS) is 12.8. The summed E-state index contributed by atoms with van der Waals surface area (Å²) in [7, 11) is 1.73. The third kappa shape index (κ3) is 2.55. The number of benzene rings is 1. The van der Waals surface area contributed by atoms with Gasteiger partial charge in [0.05, 0.1) is 16.4 Å². The smallest absolute Gasteiger partial charge is 0.133 e. The Hall–Kier alpha value is -1.46. The number of hydrogen-bond acceptors (Lipinski definition) is 2. The van der Waals surface area contributed by atoms with E-state index in [0.717, 1.165) is 0 Å². The maximum absolute atomic E-state index is 14.0. The predicted octanol–water partition coefficient (Wildman–Crippen LogP) is 3.21. The van der Waals surface area contributed by atoms with Crippen LogP contribution in [0.4, 0.5) is 8.78 Å². The third-order valence-corrected chi connectivity index (χ3v) is 3.86. The van der Waals surface area contributed by atoms with Crippen LogP contribution in [-0.4, -0.2) is 9.78 Å². The van der Waals surface area contributed by atoms with Crippen LogP contribution in [0.25, 0.3) is 0 Å². The van der Waals surface area contributed by atoms with Crippen LogP contribution in [0, 0.1) is 25.5 Å². The molecule has 0 saturated carbocycles. The molecular formula is C14H16ClF2N3. The van der Waals surface area contributed by atoms with Crippen LogP contribution in [0.2, 0.25) is 5.02 Å². The molecule has 1 atom stereocenters. The second kappa shape index (κ2) is 5.50. The Morgan fingerprint density at radius 1 is 1.35 bits per heavy atom. The number of halogens is 3. The van der Waals surface area contributed by atoms with Gasteiger partial charge in [0.25, 0.3) is 0 Å². The molecule has 6 heteroatoms. The van der Waals surface area contributed by atoms with Crippen LogP contribution >= 0.6 is 11.6 Å². The number of hydrogen-bond donors (Lipinski definition) is 1. The van der Waals surface area contributed by atoms with Crippen molar-refractivity contribution in [2.75, 3.05) is 0 Å². The van der Waals surface area contributed by atoms with E-state index in [4.69, 9.17) is 17.3 Å². The van der Waals surface area contributed by atoms with Gasteiger partial charge in [0.15, 0.2) is 0 Å². The molecule has 0 aliphatic rings. The van der Waals surface area contributed by atoms with Crippen molar-refractivity contribution in [3.8, 4) is 0 Å². The van der Waals surface area contributed by atoms with Crippen LogP contribution in [0.3, 0.4) is 0 Å². The molecule has 108 valence electrons. The molecule has 20 heavy (non-hydrogen) atoms. The minimum Gasteiger partial charge on any atom is -0.323 e. The average Bonchev–Trinajstić information content (AvgIpc) is 2.61. The Kier molecular flexibility index (Phi) is 4.11. The molecule has 0 spiro atoms. The van der Waals surface area contributed by atoms with Crippen LogP contribution < -0.4 is 5.73 Å². The minimum absolute atomic E-state index is 0.111. The largest absolute Gasteiger partial charge is 0.323 e. The van der Waals surface area contributed by atoms with Gasteiger partial charge < -0.3 is 5.73 Å². The monoisotopic (exact) mass is 299 g/mol. The Morgan fingerprint density at radius 2 is 2.00 bits per heavy atom. The first-order chi connectivity index (χ1) is 9.32. The predicted molar refractivity (Wildman–Crippen MR) is 74.7 cm³/mol. The van der Waals surface area contributed by atoms with Crippen molar-refractivity contribution >= 4 is 11.6 Å². The molecule has 0 amide bonds. The second-order valence-corrected chi connectivity index (χ2v) is 5.25. The number of rotatable bonds is 3. The van der Waals surface area contributed by atoms with E-state index in [1.165, 1.54) is 12.1 Å². The zero-order chi connectivity index (χ0) is 15.0. The quantitative estimate of drug-likeness (QED) is 0.946. The lowest BCUT2D eigenvalue weighted by atomic mass is 9.99. The summed E-state index contributed by atoms with van der Waals surface area (Å²) in [4.78, 5) is 0. The molecule has 0 fully saturated rings. The average molecular weight is 300 g/mol. The summed E-state index contributed by atoms with van der Waals surface area (Å²) in [6.07, 6.45) is 0.216. The van der Waals surface area contributed by atoms with Crippen molar-refractivity contribution in [1.29, 1.82) is 0 Å². The van der Waals surface area contributed by atoms with Crippen molar-refractivity contribution in [3.05, 3.63) is 51.3 Å². The van der Waals surface area contributed by atoms with Crippen LogP contribution in [-0.2, 0) is 13.5 Å². The molecule has 1 unspecified atom stereocenters. The van der Waals surface area contributed by atoms with E-state index in [-0.39, 0.29) is 12.0 Å². The fraction of sp³-hybridized carbons (Fsp3) is 0.357. The number of aromatic nitrogens is 2. The first-order valence-corrected chi connectivity index (χ1v) is 6.58. The van der Waals surface area contributed by atoms with Crippen molar-refractivity contribution in [3.63, 3.8) is 0 Å². The Balaban J connectivity index is 2.38. The number of nitrogens with two attached hydrogens (primary N) is 1. The van der Waals surface area contributed by atoms with Gasteiger partial charge in [-0.05, 0) is 25.5 Å². The first kappa shape index (κ1) is 14.9. The summed E-state index contributed by atoms with van der Waals surface area (Å²) in [6, 6.07) is 1.80. The van der Waals surface area contributed by atoms with Crippen LogP contribution in [0.15, 0.2) is 12.1 Å². The SMILES string of the molecule is Cc1ccc(F)c(C(N)Cc2c(Cl)c(C)nn2C)c1F. The van der Waals surface area contributed by atoms with Crippen LogP contribution in [0.5, 0.6) is 0 Å². The van der Waals surface area contributed by atoms with E-state index < -0.39 is 17.7 Å². The summed E-state index contributed by atoms with van der Waals surface area (Å²) in [5.74, 6) is -1.25. The lowest BCUT2D eigenvalue weighted by molar-refractivity contribution is 0.513. The molecule has 2 aromatic rings. The third-order valence-electron chi connectivity index (χ3n) is 3.37. The lowest BCUT2D eigenvalue weighted by Gasteiger charge is -2.15. The molecule has 1 aromatic carbocycles. The van der Waals surface area contributed by atoms with Crippen molar-refractivity contribution in [1.82, 2.24) is 9.78 Å². The van der Waals surface area contributed by atoms with E-state index in [1.807, 2.05) is 0 Å². The highest BCUT2D eigenvalue weighted by Gasteiger charge is 2.22. The van der Waals surface area contributed by atoms with Gasteiger partial charge in [0, 0.05) is 25.1 Å². The summed E-state index contributed by atoms with van der Waals surface area (Å²) >= 11 is 6.13. The van der Waals surface area contributed by atoms with Crippen molar-refractivity contribution in [2.45, 2.75) is 26.3 Å². The molecule has 0 aliphatic heterocycles. The first-order valence-electron chi connectivity index (χ1n) is 6.21. The van der Waals surface area contributed by atoms with Gasteiger partial charge in [-0.2, -0.15) is 5.10 Å². The number of aryl methyl sites for hydroxylation is 3. The summed E-state index contributed by atoms with van der Waals surface area (Å²) < 4.78 is 29.4. The summed E-state index contributed by atoms with van der Waals surface area (Å²) in [5.41, 5.74) is 7.55. The van der Waals surface area contributed by atoms with Crippen molar-refractivity contribution in [2.24, 2.45) is 12.8 Å². The zero-order valence-corrected chi connectivity index (χ0v) is 12.3. The van der Waals surface area contributed by atoms with E-state index in [0.29, 0.717) is 22.0 Å². The van der Waals surface area contributed by atoms with Gasteiger partial charge in [-0.1, -0.05) is 17.7 Å². The standard InChI is InChI=1S/C14H16ClF2N3/c1-7-4-5-9(16)12(14(7)17)10(18)6-11-13(15)8(2)19-20(11)3/h4-5,10H,6,18H2,1-3H3. The highest BCUT2D eigenvalue weighted by atomic mass is 35.5. The molecule has 0 bridgehead atoms.